The number of carbonyl (C=O) groups excluding carboxylic acids is 1. The highest BCUT2D eigenvalue weighted by Gasteiger charge is 2.56. The van der Waals surface area contributed by atoms with Gasteiger partial charge < -0.3 is 70.6 Å². The quantitative estimate of drug-likeness (QED) is 0.0361. The summed E-state index contributed by atoms with van der Waals surface area (Å²) in [5.74, 6) is -6.94. The van der Waals surface area contributed by atoms with E-state index in [0.717, 1.165) is 25.5 Å². The van der Waals surface area contributed by atoms with Gasteiger partial charge in [-0.25, -0.2) is 9.59 Å². The average Bonchev–Trinajstić information content (AvgIpc) is 3.08. The number of aliphatic hydroxyl groups excluding tert-OH is 4. The Morgan fingerprint density at radius 1 is 1.18 bits per heavy atom. The van der Waals surface area contributed by atoms with Crippen LogP contribution >= 0.6 is 0 Å². The molecule has 0 aromatic carbocycles. The maximum Gasteiger partial charge on any atom is 0.338 e. The van der Waals surface area contributed by atoms with E-state index in [0.29, 0.717) is 18.4 Å². The Bertz CT molecular complexity index is 1370. The molecule has 0 aromatic heterocycles. The van der Waals surface area contributed by atoms with Gasteiger partial charge in [0.15, 0.2) is 18.4 Å². The minimum Gasteiger partial charge on any atom is -0.478 e. The molecule has 0 amide bonds. The zero-order valence-electron chi connectivity index (χ0n) is 27.1. The first-order chi connectivity index (χ1) is 23.4. The zero-order valence-corrected chi connectivity index (χ0v) is 27.1. The number of nitrogens with one attached hydrogen (secondary N) is 1. The third kappa shape index (κ3) is 8.68. The number of carbonyl (C=O) groups is 2. The van der Waals surface area contributed by atoms with E-state index in [-0.39, 0.29) is 48.6 Å². The van der Waals surface area contributed by atoms with Gasteiger partial charge in [-0.2, -0.15) is 0 Å². The van der Waals surface area contributed by atoms with Crippen molar-refractivity contribution in [3.05, 3.63) is 59.7 Å². The second kappa shape index (κ2) is 16.7. The fourth-order valence-electron chi connectivity index (χ4n) is 6.11. The molecule has 1 saturated carbocycles. The van der Waals surface area contributed by atoms with Crippen molar-refractivity contribution in [2.24, 2.45) is 22.6 Å². The van der Waals surface area contributed by atoms with Gasteiger partial charge in [0, 0.05) is 31.3 Å². The summed E-state index contributed by atoms with van der Waals surface area (Å²) in [5.41, 5.74) is 6.35. The van der Waals surface area contributed by atoms with E-state index in [4.69, 9.17) is 24.7 Å². The van der Waals surface area contributed by atoms with E-state index in [1.54, 1.807) is 23.3 Å². The third-order valence-electron chi connectivity index (χ3n) is 8.88. The SMILES string of the molecule is C=CC1C(OC2OC(CO)C(O)C(O)(O)C2O)OC=C(C(=O)OC2CCCCC2)C1C=CC1=CN(CCO)CC(C(=O)O)=C1NC(N)=NC. The van der Waals surface area contributed by atoms with Crippen LogP contribution in [0.15, 0.2) is 64.7 Å². The first-order valence-corrected chi connectivity index (χ1v) is 16.0. The van der Waals surface area contributed by atoms with Crippen LogP contribution < -0.4 is 11.1 Å². The molecule has 272 valence electrons. The normalized spacial score (nSPS) is 31.1. The van der Waals surface area contributed by atoms with E-state index in [1.165, 1.54) is 13.1 Å². The number of hydrogen-bond acceptors (Lipinski definition) is 14. The molecule has 10 N–H and O–H groups in total. The molecular formula is C32H46N4O13. The number of hydrogen-bond donors (Lipinski definition) is 9. The van der Waals surface area contributed by atoms with E-state index in [9.17, 15) is 45.3 Å². The number of esters is 1. The van der Waals surface area contributed by atoms with Crippen LogP contribution in [0.3, 0.4) is 0 Å². The van der Waals surface area contributed by atoms with Crippen LogP contribution in [0.25, 0.3) is 0 Å². The number of guanidine groups is 1. The third-order valence-corrected chi connectivity index (χ3v) is 8.88. The second-order valence-electron chi connectivity index (χ2n) is 12.1. The predicted molar refractivity (Wildman–Crippen MR) is 170 cm³/mol. The summed E-state index contributed by atoms with van der Waals surface area (Å²) in [5, 5.41) is 73.5. The van der Waals surface area contributed by atoms with Crippen molar-refractivity contribution in [2.45, 2.75) is 74.9 Å². The van der Waals surface area contributed by atoms with Crippen molar-refractivity contribution in [1.29, 1.82) is 0 Å². The largest absolute Gasteiger partial charge is 0.478 e. The topological polar surface area (TPSA) is 266 Å². The highest BCUT2D eigenvalue weighted by atomic mass is 16.8. The van der Waals surface area contributed by atoms with Crippen molar-refractivity contribution in [3.63, 3.8) is 0 Å². The maximum absolute atomic E-state index is 13.6. The van der Waals surface area contributed by atoms with Crippen LogP contribution in [0.5, 0.6) is 0 Å². The Morgan fingerprint density at radius 3 is 2.51 bits per heavy atom. The van der Waals surface area contributed by atoms with Crippen molar-refractivity contribution < 1.29 is 64.3 Å². The Kier molecular flexibility index (Phi) is 13.0. The number of nitrogens with two attached hydrogens (primary N) is 1. The molecule has 1 aliphatic carbocycles. The lowest BCUT2D eigenvalue weighted by Gasteiger charge is -2.46. The van der Waals surface area contributed by atoms with E-state index < -0.39 is 67.1 Å². The van der Waals surface area contributed by atoms with Gasteiger partial charge in [0.2, 0.25) is 12.1 Å². The first-order valence-electron chi connectivity index (χ1n) is 16.0. The standard InChI is InChI=1S/C32H46N4O13/c1-3-19-20(10-9-17-13-36(11-12-37)14-21(27(41)42)24(17)35-31(33)34-2)22(28(43)47-18-7-5-4-6-8-18)16-46-29(19)49-30-26(40)32(44,45)25(39)23(15-38)48-30/h3,9-10,13,16,18-20,23,25-26,29-30,37-40,44-45H,1,4-8,11-12,14-15H2,2H3,(H,41,42)(H3,33,34,35). The number of carboxylic acids is 1. The molecular weight excluding hydrogens is 648 g/mol. The number of allylic oxidation sites excluding steroid dienone is 2. The zero-order chi connectivity index (χ0) is 35.9. The Balaban J connectivity index is 1.73. The monoisotopic (exact) mass is 694 g/mol. The summed E-state index contributed by atoms with van der Waals surface area (Å²) >= 11 is 0. The number of nitrogens with zero attached hydrogens (tertiary/aromatic N) is 2. The highest BCUT2D eigenvalue weighted by Crippen LogP contribution is 2.38. The summed E-state index contributed by atoms with van der Waals surface area (Å²) in [7, 11) is 1.42. The fraction of sp³-hybridized carbons (Fsp3) is 0.594. The number of aliphatic carboxylic acids is 1. The predicted octanol–water partition coefficient (Wildman–Crippen LogP) is -1.72. The van der Waals surface area contributed by atoms with Crippen LogP contribution in [0, 0.1) is 11.8 Å². The number of ether oxygens (including phenoxy) is 4. The van der Waals surface area contributed by atoms with Gasteiger partial charge in [-0.05, 0) is 25.7 Å². The van der Waals surface area contributed by atoms with Crippen LogP contribution in [-0.4, -0.2) is 135 Å². The number of β-amino-alcohol motifs (C(OH)–C–C–N with tert-alkyl or cyclic N) is 1. The van der Waals surface area contributed by atoms with Gasteiger partial charge in [0.25, 0.3) is 0 Å². The molecule has 0 radical (unpaired) electrons. The van der Waals surface area contributed by atoms with Gasteiger partial charge in [-0.3, -0.25) is 4.99 Å². The molecule has 0 spiro atoms. The lowest BCUT2D eigenvalue weighted by Crippen LogP contribution is -2.68. The Morgan fingerprint density at radius 2 is 1.90 bits per heavy atom. The number of carboxylic acid groups (broad SMARTS) is 1. The van der Waals surface area contributed by atoms with Crippen molar-refractivity contribution in [1.82, 2.24) is 10.2 Å². The average molecular weight is 695 g/mol. The number of rotatable bonds is 12. The van der Waals surface area contributed by atoms with Gasteiger partial charge in [0.1, 0.15) is 18.3 Å². The first kappa shape index (κ1) is 38.0. The summed E-state index contributed by atoms with van der Waals surface area (Å²) in [6, 6.07) is 0. The number of aliphatic imine (C=N–C) groups is 1. The van der Waals surface area contributed by atoms with E-state index >= 15 is 0 Å². The molecule has 4 rings (SSSR count). The second-order valence-corrected chi connectivity index (χ2v) is 12.1. The molecule has 3 heterocycles. The molecule has 4 aliphatic rings. The molecule has 0 aromatic rings. The van der Waals surface area contributed by atoms with Crippen molar-refractivity contribution >= 4 is 17.9 Å². The minimum atomic E-state index is -3.12. The summed E-state index contributed by atoms with van der Waals surface area (Å²) in [6.07, 6.45) is 2.18. The van der Waals surface area contributed by atoms with Crippen LogP contribution in [0.2, 0.25) is 0 Å². The smallest absolute Gasteiger partial charge is 0.338 e. The Labute approximate surface area is 282 Å². The molecule has 49 heavy (non-hydrogen) atoms. The van der Waals surface area contributed by atoms with Gasteiger partial charge >= 0.3 is 11.9 Å². The van der Waals surface area contributed by atoms with Gasteiger partial charge in [0.05, 0.1) is 48.8 Å². The molecule has 17 nitrogen and oxygen atoms in total. The van der Waals surface area contributed by atoms with Crippen molar-refractivity contribution in [2.75, 3.05) is 33.4 Å². The lowest BCUT2D eigenvalue weighted by molar-refractivity contribution is -0.404. The van der Waals surface area contributed by atoms with E-state index in [2.05, 4.69) is 16.9 Å². The van der Waals surface area contributed by atoms with E-state index in [1.807, 2.05) is 0 Å². The van der Waals surface area contributed by atoms with Crippen molar-refractivity contribution in [3.8, 4) is 0 Å². The summed E-state index contributed by atoms with van der Waals surface area (Å²) < 4.78 is 22.9. The van der Waals surface area contributed by atoms with Crippen LogP contribution in [0.4, 0.5) is 0 Å². The van der Waals surface area contributed by atoms with Crippen LogP contribution in [-0.2, 0) is 28.5 Å². The minimum absolute atomic E-state index is 0.0572. The molecule has 7 atom stereocenters. The van der Waals surface area contributed by atoms with Gasteiger partial charge in [-0.1, -0.05) is 24.6 Å². The summed E-state index contributed by atoms with van der Waals surface area (Å²) in [6.45, 7) is 2.83. The molecule has 3 aliphatic heterocycles. The molecule has 1 saturated heterocycles. The highest BCUT2D eigenvalue weighted by molar-refractivity contribution is 5.92. The fourth-order valence-corrected chi connectivity index (χ4v) is 6.11. The van der Waals surface area contributed by atoms with Crippen LogP contribution in [0.1, 0.15) is 32.1 Å². The molecule has 7 unspecified atom stereocenters. The molecule has 0 bridgehead atoms. The number of aliphatic hydroxyl groups is 6. The lowest BCUT2D eigenvalue weighted by atomic mass is 9.83. The van der Waals surface area contributed by atoms with Gasteiger partial charge in [-0.15, -0.1) is 6.58 Å². The molecule has 2 fully saturated rings. The molecule has 17 heteroatoms. The Hall–Kier alpha value is -3.81. The maximum atomic E-state index is 13.6. The summed E-state index contributed by atoms with van der Waals surface area (Å²) in [4.78, 5) is 31.4.